The monoisotopic (exact) mass is 294 g/mol. The Morgan fingerprint density at radius 2 is 1.89 bits per heavy atom. The summed E-state index contributed by atoms with van der Waals surface area (Å²) in [6, 6.07) is -0.864. The van der Waals surface area contributed by atoms with Gasteiger partial charge in [-0.25, -0.2) is 8.42 Å². The number of sulfone groups is 1. The number of nitrogens with two attached hydrogens (primary N) is 1. The van der Waals surface area contributed by atoms with Gasteiger partial charge in [0.25, 0.3) is 0 Å². The molecule has 0 aliphatic heterocycles. The Morgan fingerprint density at radius 1 is 1.37 bits per heavy atom. The zero-order valence-electron chi connectivity index (χ0n) is 12.1. The molecule has 1 amide bonds. The van der Waals surface area contributed by atoms with E-state index in [0.717, 1.165) is 6.26 Å². The molecule has 0 aliphatic carbocycles. The van der Waals surface area contributed by atoms with Gasteiger partial charge < -0.3 is 16.2 Å². The quantitative estimate of drug-likeness (QED) is 0.595. The van der Waals surface area contributed by atoms with Gasteiger partial charge in [-0.3, -0.25) is 4.79 Å². The van der Waals surface area contributed by atoms with E-state index in [4.69, 9.17) is 5.73 Å². The Kier molecular flexibility index (Phi) is 6.96. The SMILES string of the molecule is CC(C)(C)CC(O)CNC(=O)C(N)CCS(C)(=O)=O. The fourth-order valence-corrected chi connectivity index (χ4v) is 2.28. The molecule has 0 saturated heterocycles. The van der Waals surface area contributed by atoms with Crippen molar-refractivity contribution >= 4 is 15.7 Å². The van der Waals surface area contributed by atoms with Crippen molar-refractivity contribution in [1.29, 1.82) is 0 Å². The highest BCUT2D eigenvalue weighted by Crippen LogP contribution is 2.20. The fourth-order valence-electron chi connectivity index (χ4n) is 1.60. The molecule has 0 aromatic heterocycles. The first-order valence-electron chi connectivity index (χ1n) is 6.30. The van der Waals surface area contributed by atoms with Crippen molar-refractivity contribution in [3.05, 3.63) is 0 Å². The third kappa shape index (κ3) is 10.9. The second kappa shape index (κ2) is 7.21. The molecule has 0 heterocycles. The van der Waals surface area contributed by atoms with Gasteiger partial charge in [-0.2, -0.15) is 0 Å². The van der Waals surface area contributed by atoms with Gasteiger partial charge in [-0.1, -0.05) is 20.8 Å². The number of amides is 1. The van der Waals surface area contributed by atoms with Crippen LogP contribution in [-0.2, 0) is 14.6 Å². The summed E-state index contributed by atoms with van der Waals surface area (Å²) in [6.07, 6.45) is 1.11. The van der Waals surface area contributed by atoms with Gasteiger partial charge in [0.05, 0.1) is 17.9 Å². The first-order valence-corrected chi connectivity index (χ1v) is 8.36. The zero-order valence-corrected chi connectivity index (χ0v) is 13.0. The van der Waals surface area contributed by atoms with Gasteiger partial charge in [-0.05, 0) is 18.3 Å². The number of aliphatic hydroxyl groups is 1. The Balaban J connectivity index is 4.04. The second-order valence-electron chi connectivity index (χ2n) is 6.19. The van der Waals surface area contributed by atoms with Crippen LogP contribution in [0.5, 0.6) is 0 Å². The van der Waals surface area contributed by atoms with Crippen LogP contribution in [0, 0.1) is 5.41 Å². The zero-order chi connectivity index (χ0) is 15.3. The number of carbonyl (C=O) groups is 1. The van der Waals surface area contributed by atoms with Crippen LogP contribution in [0.3, 0.4) is 0 Å². The minimum Gasteiger partial charge on any atom is -0.391 e. The van der Waals surface area contributed by atoms with Gasteiger partial charge in [0.2, 0.25) is 5.91 Å². The molecule has 0 saturated carbocycles. The maximum absolute atomic E-state index is 11.6. The standard InChI is InChI=1S/C12H26N2O4S/c1-12(2,3)7-9(15)8-14-11(16)10(13)5-6-19(4,17)18/h9-10,15H,5-8,13H2,1-4H3,(H,14,16). The lowest BCUT2D eigenvalue weighted by Gasteiger charge is -2.23. The van der Waals surface area contributed by atoms with Crippen molar-refractivity contribution in [3.63, 3.8) is 0 Å². The Labute approximate surface area is 115 Å². The maximum Gasteiger partial charge on any atom is 0.237 e. The van der Waals surface area contributed by atoms with E-state index in [1.165, 1.54) is 0 Å². The van der Waals surface area contributed by atoms with E-state index in [2.05, 4.69) is 5.32 Å². The van der Waals surface area contributed by atoms with Crippen LogP contribution in [0.4, 0.5) is 0 Å². The molecule has 0 rings (SSSR count). The molecule has 6 nitrogen and oxygen atoms in total. The molecule has 4 N–H and O–H groups in total. The largest absolute Gasteiger partial charge is 0.391 e. The number of rotatable bonds is 7. The van der Waals surface area contributed by atoms with Crippen LogP contribution < -0.4 is 11.1 Å². The number of hydrogen-bond acceptors (Lipinski definition) is 5. The average molecular weight is 294 g/mol. The van der Waals surface area contributed by atoms with Crippen LogP contribution >= 0.6 is 0 Å². The molecule has 114 valence electrons. The highest BCUT2D eigenvalue weighted by atomic mass is 32.2. The van der Waals surface area contributed by atoms with Gasteiger partial charge in [-0.15, -0.1) is 0 Å². The molecule has 0 spiro atoms. The summed E-state index contributed by atoms with van der Waals surface area (Å²) in [4.78, 5) is 11.6. The normalized spacial score (nSPS) is 15.9. The number of nitrogens with one attached hydrogen (secondary N) is 1. The minimum atomic E-state index is -3.12. The summed E-state index contributed by atoms with van der Waals surface area (Å²) in [6.45, 7) is 6.12. The van der Waals surface area contributed by atoms with Crippen LogP contribution in [0.1, 0.15) is 33.6 Å². The number of aliphatic hydroxyl groups excluding tert-OH is 1. The Bertz CT molecular complexity index is 387. The predicted octanol–water partition coefficient (Wildman–Crippen LogP) is -0.338. The second-order valence-corrected chi connectivity index (χ2v) is 8.45. The molecule has 2 atom stereocenters. The van der Waals surface area contributed by atoms with E-state index in [1.807, 2.05) is 20.8 Å². The molecule has 0 aliphatic rings. The summed E-state index contributed by atoms with van der Waals surface area (Å²) in [5.74, 6) is -0.553. The van der Waals surface area contributed by atoms with Crippen molar-refractivity contribution in [2.45, 2.75) is 45.8 Å². The summed E-state index contributed by atoms with van der Waals surface area (Å²) in [7, 11) is -3.12. The van der Waals surface area contributed by atoms with E-state index < -0.39 is 27.9 Å². The molecule has 2 unspecified atom stereocenters. The first-order chi connectivity index (χ1) is 8.41. The van der Waals surface area contributed by atoms with Gasteiger partial charge in [0.15, 0.2) is 0 Å². The Hall–Kier alpha value is -0.660. The van der Waals surface area contributed by atoms with E-state index in [0.29, 0.717) is 6.42 Å². The summed E-state index contributed by atoms with van der Waals surface area (Å²) in [5.41, 5.74) is 5.55. The van der Waals surface area contributed by atoms with Crippen LogP contribution in [-0.4, -0.2) is 50.1 Å². The van der Waals surface area contributed by atoms with Crippen LogP contribution in [0.2, 0.25) is 0 Å². The molecular weight excluding hydrogens is 268 g/mol. The summed E-state index contributed by atoms with van der Waals surface area (Å²) < 4.78 is 21.9. The van der Waals surface area contributed by atoms with E-state index in [-0.39, 0.29) is 24.1 Å². The Morgan fingerprint density at radius 3 is 2.32 bits per heavy atom. The van der Waals surface area contributed by atoms with Crippen molar-refractivity contribution in [1.82, 2.24) is 5.32 Å². The van der Waals surface area contributed by atoms with Crippen molar-refractivity contribution < 1.29 is 18.3 Å². The lowest BCUT2D eigenvalue weighted by Crippen LogP contribution is -2.44. The van der Waals surface area contributed by atoms with Crippen LogP contribution in [0.25, 0.3) is 0 Å². The highest BCUT2D eigenvalue weighted by Gasteiger charge is 2.19. The van der Waals surface area contributed by atoms with Gasteiger partial charge in [0.1, 0.15) is 9.84 Å². The van der Waals surface area contributed by atoms with Crippen molar-refractivity contribution in [3.8, 4) is 0 Å². The third-order valence-electron chi connectivity index (χ3n) is 2.50. The van der Waals surface area contributed by atoms with E-state index >= 15 is 0 Å². The fraction of sp³-hybridized carbons (Fsp3) is 0.917. The predicted molar refractivity (Wildman–Crippen MR) is 75.4 cm³/mol. The first kappa shape index (κ1) is 18.3. The van der Waals surface area contributed by atoms with E-state index in [1.54, 1.807) is 0 Å². The minimum absolute atomic E-state index is 0.0252. The summed E-state index contributed by atoms with van der Waals surface area (Å²) >= 11 is 0. The van der Waals surface area contributed by atoms with Gasteiger partial charge >= 0.3 is 0 Å². The smallest absolute Gasteiger partial charge is 0.237 e. The highest BCUT2D eigenvalue weighted by molar-refractivity contribution is 7.90. The molecule has 19 heavy (non-hydrogen) atoms. The summed E-state index contributed by atoms with van der Waals surface area (Å²) in [5, 5.41) is 12.3. The lowest BCUT2D eigenvalue weighted by molar-refractivity contribution is -0.122. The number of carbonyl (C=O) groups excluding carboxylic acids is 1. The molecule has 0 aromatic carbocycles. The topological polar surface area (TPSA) is 109 Å². The van der Waals surface area contributed by atoms with Crippen molar-refractivity contribution in [2.75, 3.05) is 18.6 Å². The third-order valence-corrected chi connectivity index (χ3v) is 3.47. The molecule has 7 heteroatoms. The average Bonchev–Trinajstić information content (AvgIpc) is 2.19. The van der Waals surface area contributed by atoms with Crippen LogP contribution in [0.15, 0.2) is 0 Å². The molecule has 0 bridgehead atoms. The van der Waals surface area contributed by atoms with E-state index in [9.17, 15) is 18.3 Å². The molecular formula is C12H26N2O4S. The van der Waals surface area contributed by atoms with Crippen molar-refractivity contribution in [2.24, 2.45) is 11.1 Å². The molecule has 0 radical (unpaired) electrons. The lowest BCUT2D eigenvalue weighted by atomic mass is 9.89. The molecule has 0 aromatic rings. The maximum atomic E-state index is 11.6. The number of hydrogen-bond donors (Lipinski definition) is 3. The molecule has 0 fully saturated rings. The van der Waals surface area contributed by atoms with Gasteiger partial charge in [0, 0.05) is 12.8 Å².